The predicted octanol–water partition coefficient (Wildman–Crippen LogP) is 3.01. The van der Waals surface area contributed by atoms with Crippen LogP contribution in [0.5, 0.6) is 0 Å². The van der Waals surface area contributed by atoms with E-state index in [0.29, 0.717) is 10.6 Å². The van der Waals surface area contributed by atoms with Crippen LogP contribution in [0.4, 0.5) is 0 Å². The first-order valence-corrected chi connectivity index (χ1v) is 9.46. The number of hydrogen-bond acceptors (Lipinski definition) is 5. The number of benzene rings is 1. The molecule has 1 heterocycles. The number of esters is 1. The van der Waals surface area contributed by atoms with Gasteiger partial charge in [-0.1, -0.05) is 44.0 Å². The average Bonchev–Trinajstić information content (AvgIpc) is 2.99. The Hall–Kier alpha value is -2.48. The number of H-pyrrole nitrogens is 1. The number of carbonyl (C=O) groups is 2. The smallest absolute Gasteiger partial charge is 0.328 e. The Bertz CT molecular complexity index is 859. The molecule has 0 spiro atoms. The van der Waals surface area contributed by atoms with E-state index in [2.05, 4.69) is 15.5 Å². The summed E-state index contributed by atoms with van der Waals surface area (Å²) in [7, 11) is 0. The van der Waals surface area contributed by atoms with E-state index in [1.54, 1.807) is 11.5 Å². The number of amides is 1. The molecule has 7 nitrogen and oxygen atoms in total. The maximum Gasteiger partial charge on any atom is 0.328 e. The lowest BCUT2D eigenvalue weighted by molar-refractivity contribution is -0.149. The van der Waals surface area contributed by atoms with Gasteiger partial charge in [0.15, 0.2) is 10.6 Å². The van der Waals surface area contributed by atoms with Gasteiger partial charge in [-0.15, -0.1) is 0 Å². The van der Waals surface area contributed by atoms with E-state index >= 15 is 0 Å². The Morgan fingerprint density at radius 1 is 1.37 bits per heavy atom. The van der Waals surface area contributed by atoms with Crippen molar-refractivity contribution >= 4 is 24.1 Å². The second kappa shape index (κ2) is 9.45. The normalized spacial score (nSPS) is 13.0. The van der Waals surface area contributed by atoms with Crippen LogP contribution in [0.15, 0.2) is 24.3 Å². The van der Waals surface area contributed by atoms with Gasteiger partial charge in [-0.05, 0) is 38.0 Å². The van der Waals surface area contributed by atoms with E-state index in [0.717, 1.165) is 17.5 Å². The van der Waals surface area contributed by atoms with E-state index in [1.165, 1.54) is 0 Å². The molecule has 1 aromatic heterocycles. The third-order valence-corrected chi connectivity index (χ3v) is 4.72. The molecule has 0 aliphatic carbocycles. The van der Waals surface area contributed by atoms with Crippen LogP contribution in [0.2, 0.25) is 0 Å². The third-order valence-electron chi connectivity index (χ3n) is 4.41. The van der Waals surface area contributed by atoms with Gasteiger partial charge in [0, 0.05) is 5.56 Å². The monoisotopic (exact) mass is 390 g/mol. The molecule has 0 saturated carbocycles. The molecule has 0 bridgehead atoms. The number of carbonyl (C=O) groups excluding carboxylic acids is 2. The number of nitrogens with one attached hydrogen (secondary N) is 2. The SMILES string of the molecule is CCOC(=O)C(NC(=O)Cn1c(-c2cccc(C)c2)n[nH]c1=S)C(C)CC. The van der Waals surface area contributed by atoms with Crippen LogP contribution in [-0.4, -0.2) is 39.3 Å². The molecule has 0 aliphatic rings. The Labute approximate surface area is 164 Å². The summed E-state index contributed by atoms with van der Waals surface area (Å²) in [5.41, 5.74) is 1.94. The lowest BCUT2D eigenvalue weighted by atomic mass is 9.99. The zero-order valence-electron chi connectivity index (χ0n) is 16.1. The molecule has 0 saturated heterocycles. The Balaban J connectivity index is 2.21. The summed E-state index contributed by atoms with van der Waals surface area (Å²) in [5, 5.41) is 9.77. The van der Waals surface area contributed by atoms with Crippen LogP contribution in [0.3, 0.4) is 0 Å². The molecule has 27 heavy (non-hydrogen) atoms. The third kappa shape index (κ3) is 5.26. The van der Waals surface area contributed by atoms with Crippen LogP contribution in [0, 0.1) is 17.6 Å². The highest BCUT2D eigenvalue weighted by Crippen LogP contribution is 2.18. The predicted molar refractivity (Wildman–Crippen MR) is 106 cm³/mol. The number of aromatic nitrogens is 3. The van der Waals surface area contributed by atoms with Gasteiger partial charge in [0.1, 0.15) is 12.6 Å². The molecule has 0 aliphatic heterocycles. The van der Waals surface area contributed by atoms with Gasteiger partial charge < -0.3 is 10.1 Å². The van der Waals surface area contributed by atoms with Crippen LogP contribution in [-0.2, 0) is 20.9 Å². The zero-order valence-corrected chi connectivity index (χ0v) is 16.9. The first-order chi connectivity index (χ1) is 12.9. The highest BCUT2D eigenvalue weighted by molar-refractivity contribution is 7.71. The van der Waals surface area contributed by atoms with Gasteiger partial charge in [0.25, 0.3) is 0 Å². The van der Waals surface area contributed by atoms with Crippen LogP contribution in [0.25, 0.3) is 11.4 Å². The van der Waals surface area contributed by atoms with Crippen LogP contribution < -0.4 is 5.32 Å². The van der Waals surface area contributed by atoms with Crippen molar-refractivity contribution in [2.45, 2.75) is 46.7 Å². The van der Waals surface area contributed by atoms with E-state index in [9.17, 15) is 9.59 Å². The zero-order chi connectivity index (χ0) is 20.0. The van der Waals surface area contributed by atoms with Crippen molar-refractivity contribution in [1.29, 1.82) is 0 Å². The summed E-state index contributed by atoms with van der Waals surface area (Å²) in [6.45, 7) is 7.83. The number of ether oxygens (including phenoxy) is 1. The minimum atomic E-state index is -0.689. The van der Waals surface area contributed by atoms with Crippen LogP contribution >= 0.6 is 12.2 Å². The Kier molecular flexibility index (Phi) is 7.29. The summed E-state index contributed by atoms with van der Waals surface area (Å²) in [6, 6.07) is 7.10. The second-order valence-corrected chi connectivity index (χ2v) is 6.88. The molecule has 1 amide bonds. The molecule has 2 unspecified atom stereocenters. The molecule has 2 atom stereocenters. The van der Waals surface area contributed by atoms with Crippen molar-refractivity contribution in [1.82, 2.24) is 20.1 Å². The molecule has 0 radical (unpaired) electrons. The van der Waals surface area contributed by atoms with E-state index in [4.69, 9.17) is 17.0 Å². The fourth-order valence-electron chi connectivity index (χ4n) is 2.73. The fourth-order valence-corrected chi connectivity index (χ4v) is 2.93. The second-order valence-electron chi connectivity index (χ2n) is 6.49. The number of aromatic amines is 1. The highest BCUT2D eigenvalue weighted by atomic mass is 32.1. The summed E-state index contributed by atoms with van der Waals surface area (Å²) in [6.07, 6.45) is 0.740. The van der Waals surface area contributed by atoms with Crippen molar-refractivity contribution in [3.63, 3.8) is 0 Å². The molecule has 8 heteroatoms. The Morgan fingerprint density at radius 2 is 2.11 bits per heavy atom. The van der Waals surface area contributed by atoms with Crippen molar-refractivity contribution in [2.75, 3.05) is 6.61 Å². The molecule has 146 valence electrons. The molecule has 1 aromatic carbocycles. The largest absolute Gasteiger partial charge is 0.464 e. The fraction of sp³-hybridized carbons (Fsp3) is 0.474. The topological polar surface area (TPSA) is 89.0 Å². The van der Waals surface area contributed by atoms with Crippen molar-refractivity contribution in [2.24, 2.45) is 5.92 Å². The molecular weight excluding hydrogens is 364 g/mol. The summed E-state index contributed by atoms with van der Waals surface area (Å²) in [5.74, 6) is -0.203. The minimum Gasteiger partial charge on any atom is -0.464 e. The maximum absolute atomic E-state index is 12.6. The summed E-state index contributed by atoms with van der Waals surface area (Å²) in [4.78, 5) is 24.8. The van der Waals surface area contributed by atoms with Crippen molar-refractivity contribution in [3.05, 3.63) is 34.6 Å². The number of hydrogen-bond donors (Lipinski definition) is 2. The van der Waals surface area contributed by atoms with Gasteiger partial charge in [0.05, 0.1) is 6.61 Å². The van der Waals surface area contributed by atoms with Gasteiger partial charge in [0.2, 0.25) is 5.91 Å². The molecule has 2 aromatic rings. The quantitative estimate of drug-likeness (QED) is 0.534. The van der Waals surface area contributed by atoms with E-state index in [1.807, 2.05) is 45.0 Å². The van der Waals surface area contributed by atoms with Gasteiger partial charge in [-0.25, -0.2) is 4.79 Å². The Morgan fingerprint density at radius 3 is 2.74 bits per heavy atom. The standard InChI is InChI=1S/C19H26N4O3S/c1-5-13(4)16(18(25)26-6-2)20-15(24)11-23-17(21-22-19(23)27)14-9-7-8-12(3)10-14/h7-10,13,16H,5-6,11H2,1-4H3,(H,20,24)(H,22,27). The first kappa shape index (κ1) is 20.8. The molecule has 2 N–H and O–H groups in total. The number of rotatable bonds is 8. The minimum absolute atomic E-state index is 0.0368. The lowest BCUT2D eigenvalue weighted by Gasteiger charge is -2.22. The first-order valence-electron chi connectivity index (χ1n) is 9.05. The summed E-state index contributed by atoms with van der Waals surface area (Å²) < 4.78 is 7.06. The van der Waals surface area contributed by atoms with Crippen molar-refractivity contribution < 1.29 is 14.3 Å². The average molecular weight is 391 g/mol. The lowest BCUT2D eigenvalue weighted by Crippen LogP contribution is -2.47. The van der Waals surface area contributed by atoms with Gasteiger partial charge in [-0.2, -0.15) is 5.10 Å². The highest BCUT2D eigenvalue weighted by Gasteiger charge is 2.27. The van der Waals surface area contributed by atoms with E-state index in [-0.39, 0.29) is 25.0 Å². The molecular formula is C19H26N4O3S. The van der Waals surface area contributed by atoms with Gasteiger partial charge >= 0.3 is 5.97 Å². The molecule has 2 rings (SSSR count). The van der Waals surface area contributed by atoms with E-state index < -0.39 is 12.0 Å². The number of aryl methyl sites for hydroxylation is 1. The molecule has 0 fully saturated rings. The maximum atomic E-state index is 12.6. The van der Waals surface area contributed by atoms with Crippen LogP contribution in [0.1, 0.15) is 32.8 Å². The summed E-state index contributed by atoms with van der Waals surface area (Å²) >= 11 is 5.28. The van der Waals surface area contributed by atoms with Crippen molar-refractivity contribution in [3.8, 4) is 11.4 Å². The van der Waals surface area contributed by atoms with Gasteiger partial charge in [-0.3, -0.25) is 14.5 Å². The number of nitrogens with zero attached hydrogens (tertiary/aromatic N) is 2.